The number of carbonyl (C=O) groups is 1. The smallest absolute Gasteiger partial charge is 0.259 e. The molecule has 6 N–H and O–H groups in total. The number of nitrogens with zero attached hydrogens (tertiary/aromatic N) is 2. The van der Waals surface area contributed by atoms with Crippen molar-refractivity contribution < 1.29 is 13.9 Å². The number of nitrogens with one attached hydrogen (secondary N) is 4. The van der Waals surface area contributed by atoms with Gasteiger partial charge in [-0.25, -0.2) is 9.92 Å². The topological polar surface area (TPSA) is 149 Å². The normalized spacial score (nSPS) is 11.1. The molecule has 0 saturated carbocycles. The van der Waals surface area contributed by atoms with E-state index < -0.39 is 11.7 Å². The van der Waals surface area contributed by atoms with E-state index in [1.807, 2.05) is 0 Å². The van der Waals surface area contributed by atoms with Crippen LogP contribution in [-0.4, -0.2) is 37.0 Å². The van der Waals surface area contributed by atoms with E-state index >= 15 is 0 Å². The highest BCUT2D eigenvalue weighted by molar-refractivity contribution is 6.25. The molecule has 0 aliphatic carbocycles. The first-order valence-electron chi connectivity index (χ1n) is 8.60. The van der Waals surface area contributed by atoms with Crippen LogP contribution in [0.1, 0.15) is 16.8 Å². The molecule has 0 aliphatic rings. The third kappa shape index (κ3) is 5.42. The van der Waals surface area contributed by atoms with Crippen LogP contribution in [0.2, 0.25) is 0 Å². The summed E-state index contributed by atoms with van der Waals surface area (Å²) in [6.07, 6.45) is 2.10. The van der Waals surface area contributed by atoms with Crippen LogP contribution in [0.25, 0.3) is 5.57 Å². The molecule has 10 heteroatoms. The summed E-state index contributed by atoms with van der Waals surface area (Å²) in [5, 5.41) is 16.3. The minimum absolute atomic E-state index is 0.0462. The van der Waals surface area contributed by atoms with E-state index in [0.717, 1.165) is 18.0 Å². The van der Waals surface area contributed by atoms with Crippen LogP contribution >= 0.6 is 0 Å². The van der Waals surface area contributed by atoms with E-state index in [-0.39, 0.29) is 22.8 Å². The lowest BCUT2D eigenvalue weighted by Gasteiger charge is -2.13. The lowest BCUT2D eigenvalue weighted by Crippen LogP contribution is -2.17. The van der Waals surface area contributed by atoms with E-state index in [0.29, 0.717) is 24.4 Å². The summed E-state index contributed by atoms with van der Waals surface area (Å²) >= 11 is 0. The molecule has 1 aromatic carbocycles. The minimum Gasteiger partial charge on any atom is -0.404 e. The number of anilines is 2. The minimum atomic E-state index is -0.567. The number of benzene rings is 1. The lowest BCUT2D eigenvalue weighted by molar-refractivity contribution is -0.111. The van der Waals surface area contributed by atoms with Crippen molar-refractivity contribution in [2.75, 3.05) is 30.9 Å². The molecule has 0 saturated heterocycles. The van der Waals surface area contributed by atoms with Crippen molar-refractivity contribution in [1.82, 2.24) is 4.98 Å². The number of methoxy groups -OCH3 is 1. The monoisotopic (exact) mass is 399 g/mol. The van der Waals surface area contributed by atoms with Gasteiger partial charge in [0.1, 0.15) is 0 Å². The Kier molecular flexibility index (Phi) is 7.49. The zero-order valence-electron chi connectivity index (χ0n) is 16.0. The molecule has 152 valence electrons. The first-order chi connectivity index (χ1) is 13.9. The molecule has 2 aromatic rings. The molecule has 29 heavy (non-hydrogen) atoms. The standard InChI is InChI=1S/C19H22FN7O2/c1-11-3-4-12(18(22)27-23)7-15(11)26-19(28)13(9-21)16-8-17(14(20)10-25-16)24-5-6-29-2/h3-4,7-10,22-23H,5-6,21H2,1-2H3,(H,24,25)(H,26,28)/b13-9+,22-18?,27-23?. The van der Waals surface area contributed by atoms with Crippen molar-refractivity contribution in [3.8, 4) is 0 Å². The van der Waals surface area contributed by atoms with Gasteiger partial charge in [0.25, 0.3) is 5.91 Å². The van der Waals surface area contributed by atoms with Crippen molar-refractivity contribution >= 4 is 28.7 Å². The highest BCUT2D eigenvalue weighted by Gasteiger charge is 2.17. The summed E-state index contributed by atoms with van der Waals surface area (Å²) in [6, 6.07) is 6.26. The van der Waals surface area contributed by atoms with Crippen molar-refractivity contribution in [2.24, 2.45) is 10.8 Å². The van der Waals surface area contributed by atoms with Crippen LogP contribution < -0.4 is 16.4 Å². The average molecular weight is 399 g/mol. The zero-order chi connectivity index (χ0) is 21.4. The van der Waals surface area contributed by atoms with Crippen LogP contribution in [0.5, 0.6) is 0 Å². The first kappa shape index (κ1) is 21.6. The fourth-order valence-electron chi connectivity index (χ4n) is 2.44. The third-order valence-corrected chi connectivity index (χ3v) is 4.04. The maximum atomic E-state index is 14.0. The number of hydrogen-bond acceptors (Lipinski definition) is 7. The molecule has 9 nitrogen and oxygen atoms in total. The zero-order valence-corrected chi connectivity index (χ0v) is 16.0. The van der Waals surface area contributed by atoms with E-state index in [4.69, 9.17) is 21.4 Å². The Bertz CT molecular complexity index is 960. The van der Waals surface area contributed by atoms with Gasteiger partial charge in [-0.3, -0.25) is 15.2 Å². The number of nitrogens with two attached hydrogens (primary N) is 1. The molecule has 0 bridgehead atoms. The molecule has 0 atom stereocenters. The summed E-state index contributed by atoms with van der Waals surface area (Å²) in [6.45, 7) is 2.54. The number of halogens is 1. The number of amidine groups is 1. The maximum absolute atomic E-state index is 14.0. The number of pyridine rings is 1. The van der Waals surface area contributed by atoms with Gasteiger partial charge >= 0.3 is 0 Å². The Morgan fingerprint density at radius 2 is 2.14 bits per heavy atom. The summed E-state index contributed by atoms with van der Waals surface area (Å²) in [5.41, 5.74) is 14.5. The number of amides is 1. The Balaban J connectivity index is 2.27. The Labute approximate surface area is 167 Å². The molecule has 0 aliphatic heterocycles. The average Bonchev–Trinajstić information content (AvgIpc) is 2.71. The SMILES string of the molecule is COCCNc1cc(/C(=C\N)C(=O)Nc2cc(C(=N)N=N)ccc2C)ncc1F. The molecule has 1 amide bonds. The number of carbonyl (C=O) groups excluding carboxylic acids is 1. The van der Waals surface area contributed by atoms with Crippen LogP contribution in [0.4, 0.5) is 15.8 Å². The van der Waals surface area contributed by atoms with Gasteiger partial charge in [-0.2, -0.15) is 0 Å². The Morgan fingerprint density at radius 1 is 1.38 bits per heavy atom. The van der Waals surface area contributed by atoms with Crippen LogP contribution in [0, 0.1) is 23.7 Å². The predicted molar refractivity (Wildman–Crippen MR) is 109 cm³/mol. The van der Waals surface area contributed by atoms with Crippen molar-refractivity contribution in [2.45, 2.75) is 6.92 Å². The maximum Gasteiger partial charge on any atom is 0.259 e. The van der Waals surface area contributed by atoms with E-state index in [2.05, 4.69) is 20.7 Å². The second-order valence-corrected chi connectivity index (χ2v) is 5.99. The number of rotatable bonds is 8. The number of aryl methyl sites for hydroxylation is 1. The molecule has 1 aromatic heterocycles. The fraction of sp³-hybridized carbons (Fsp3) is 0.211. The van der Waals surface area contributed by atoms with Gasteiger partial charge in [-0.05, 0) is 24.6 Å². The highest BCUT2D eigenvalue weighted by atomic mass is 19.1. The van der Waals surface area contributed by atoms with Gasteiger partial charge < -0.3 is 21.1 Å². The fourth-order valence-corrected chi connectivity index (χ4v) is 2.44. The largest absolute Gasteiger partial charge is 0.404 e. The molecular formula is C19H22FN7O2. The quantitative estimate of drug-likeness (QED) is 0.152. The van der Waals surface area contributed by atoms with Gasteiger partial charge in [-0.15, -0.1) is 5.11 Å². The number of ether oxygens (including phenoxy) is 1. The molecule has 2 rings (SSSR count). The molecule has 0 radical (unpaired) electrons. The lowest BCUT2D eigenvalue weighted by atomic mass is 10.1. The molecular weight excluding hydrogens is 377 g/mol. The van der Waals surface area contributed by atoms with E-state index in [1.165, 1.54) is 19.2 Å². The molecule has 0 spiro atoms. The molecule has 1 heterocycles. The van der Waals surface area contributed by atoms with Gasteiger partial charge in [0.05, 0.1) is 29.8 Å². The highest BCUT2D eigenvalue weighted by Crippen LogP contribution is 2.23. The molecule has 0 unspecified atom stereocenters. The van der Waals surface area contributed by atoms with Gasteiger partial charge in [-0.1, -0.05) is 12.1 Å². The van der Waals surface area contributed by atoms with E-state index in [1.54, 1.807) is 19.1 Å². The second-order valence-electron chi connectivity index (χ2n) is 5.99. The Morgan fingerprint density at radius 3 is 2.79 bits per heavy atom. The number of hydrogen-bond donors (Lipinski definition) is 5. The van der Waals surface area contributed by atoms with Gasteiger partial charge in [0.2, 0.25) is 0 Å². The molecule has 0 fully saturated rings. The van der Waals surface area contributed by atoms with E-state index in [9.17, 15) is 9.18 Å². The first-order valence-corrected chi connectivity index (χ1v) is 8.60. The number of aromatic nitrogens is 1. The van der Waals surface area contributed by atoms with Crippen LogP contribution in [-0.2, 0) is 9.53 Å². The predicted octanol–water partition coefficient (Wildman–Crippen LogP) is 2.88. The summed E-state index contributed by atoms with van der Waals surface area (Å²) in [5.74, 6) is -1.35. The van der Waals surface area contributed by atoms with Gasteiger partial charge in [0, 0.05) is 31.1 Å². The Hall–Kier alpha value is -3.66. The van der Waals surface area contributed by atoms with Crippen molar-refractivity contribution in [3.05, 3.63) is 59.3 Å². The third-order valence-electron chi connectivity index (χ3n) is 4.04. The van der Waals surface area contributed by atoms with Crippen molar-refractivity contribution in [3.63, 3.8) is 0 Å². The summed E-state index contributed by atoms with van der Waals surface area (Å²) < 4.78 is 18.9. The summed E-state index contributed by atoms with van der Waals surface area (Å²) in [4.78, 5) is 16.7. The van der Waals surface area contributed by atoms with Crippen molar-refractivity contribution in [1.29, 1.82) is 10.9 Å². The van der Waals surface area contributed by atoms with Gasteiger partial charge in [0.15, 0.2) is 11.7 Å². The van der Waals surface area contributed by atoms with Crippen LogP contribution in [0.15, 0.2) is 41.8 Å². The second kappa shape index (κ2) is 10.0. The van der Waals surface area contributed by atoms with Crippen LogP contribution in [0.3, 0.4) is 0 Å². The summed E-state index contributed by atoms with van der Waals surface area (Å²) in [7, 11) is 1.53.